The van der Waals surface area contributed by atoms with E-state index in [2.05, 4.69) is 39.8 Å². The Labute approximate surface area is 181 Å². The Balaban J connectivity index is 1.61. The lowest BCUT2D eigenvalue weighted by Crippen LogP contribution is -2.46. The molecule has 2 aromatic heterocycles. The van der Waals surface area contributed by atoms with E-state index in [0.717, 1.165) is 41.9 Å². The van der Waals surface area contributed by atoms with Crippen molar-refractivity contribution in [3.8, 4) is 6.07 Å². The second-order valence-electron chi connectivity index (χ2n) is 8.28. The zero-order valence-corrected chi connectivity index (χ0v) is 17.7. The van der Waals surface area contributed by atoms with Crippen molar-refractivity contribution in [2.45, 2.75) is 63.1 Å². The van der Waals surface area contributed by atoms with E-state index in [1.165, 1.54) is 6.42 Å². The largest absolute Gasteiger partial charge is 0.345 e. The van der Waals surface area contributed by atoms with E-state index in [1.54, 1.807) is 6.20 Å². The van der Waals surface area contributed by atoms with Gasteiger partial charge in [0.05, 0.1) is 41.6 Å². The number of anilines is 2. The van der Waals surface area contributed by atoms with Crippen LogP contribution in [-0.2, 0) is 6.42 Å². The minimum absolute atomic E-state index is 0.0335. The summed E-state index contributed by atoms with van der Waals surface area (Å²) >= 11 is 0. The Bertz CT molecular complexity index is 921. The highest BCUT2D eigenvalue weighted by Crippen LogP contribution is 2.47. The maximum atomic E-state index is 12.7. The molecule has 4 rings (SSSR count). The molecule has 1 aliphatic heterocycles. The number of alkyl halides is 2. The van der Waals surface area contributed by atoms with Crippen LogP contribution in [0.3, 0.4) is 0 Å². The van der Waals surface area contributed by atoms with Gasteiger partial charge >= 0.3 is 0 Å². The van der Waals surface area contributed by atoms with Gasteiger partial charge in [0.25, 0.3) is 0 Å². The van der Waals surface area contributed by atoms with Gasteiger partial charge in [-0.25, -0.2) is 19.2 Å². The Morgan fingerprint density at radius 1 is 1.23 bits per heavy atom. The topological polar surface area (TPSA) is 76.9 Å². The second-order valence-corrected chi connectivity index (χ2v) is 8.28. The number of hydrogen-bond donors (Lipinski definition) is 2. The maximum Gasteiger partial charge on any atom is 0.133 e. The van der Waals surface area contributed by atoms with E-state index in [9.17, 15) is 14.0 Å². The van der Waals surface area contributed by atoms with Gasteiger partial charge in [-0.3, -0.25) is 4.98 Å². The molecule has 1 aliphatic carbocycles. The number of nitrogens with zero attached hydrogens (tertiary/aromatic N) is 4. The number of hydrazine groups is 1. The van der Waals surface area contributed by atoms with Gasteiger partial charge in [-0.2, -0.15) is 5.26 Å². The van der Waals surface area contributed by atoms with Crippen molar-refractivity contribution in [3.63, 3.8) is 0 Å². The van der Waals surface area contributed by atoms with Crippen LogP contribution < -0.4 is 15.8 Å². The summed E-state index contributed by atoms with van der Waals surface area (Å²) in [7, 11) is 0. The minimum atomic E-state index is -0.890. The van der Waals surface area contributed by atoms with E-state index < -0.39 is 19.4 Å². The molecule has 2 N–H and O–H groups in total. The molecule has 0 radical (unpaired) electrons. The molecule has 2 aromatic rings. The molecule has 164 valence electrons. The molecule has 31 heavy (non-hydrogen) atoms. The molecule has 0 aromatic carbocycles. The van der Waals surface area contributed by atoms with Crippen LogP contribution in [0.1, 0.15) is 61.4 Å². The summed E-state index contributed by atoms with van der Waals surface area (Å²) in [5.41, 5.74) is 9.10. The molecule has 6 nitrogen and oxygen atoms in total. The summed E-state index contributed by atoms with van der Waals surface area (Å²) in [6.07, 6.45) is 8.55. The monoisotopic (exact) mass is 426 g/mol. The van der Waals surface area contributed by atoms with Crippen LogP contribution in [0.4, 0.5) is 20.3 Å². The van der Waals surface area contributed by atoms with E-state index >= 15 is 0 Å². The van der Waals surface area contributed by atoms with Crippen LogP contribution in [0, 0.1) is 11.3 Å². The number of nitriles is 1. The molecule has 2 atom stereocenters. The van der Waals surface area contributed by atoms with Gasteiger partial charge < -0.3 is 10.3 Å². The standard InChI is InChI=1S/C23H28F2N6/c1-2-15-8-20-16(12-26)9-22(31(19-4-3-5-19)23(20)28-13-15)21-7-6-17(14-27-21)29-30-18(10-24)11-25/h6-8,13-14,16,18-19,22,29-30H,2-5,9-11H2,1H3. The number of nitrogens with one attached hydrogen (secondary N) is 2. The molecule has 1 fully saturated rings. The molecular weight excluding hydrogens is 398 g/mol. The van der Waals surface area contributed by atoms with Crippen LogP contribution in [-0.4, -0.2) is 35.4 Å². The number of fused-ring (bicyclic) bond motifs is 1. The van der Waals surface area contributed by atoms with Crippen LogP contribution in [0.15, 0.2) is 30.6 Å². The first-order chi connectivity index (χ1) is 15.2. The molecule has 0 bridgehead atoms. The van der Waals surface area contributed by atoms with Crippen LogP contribution in [0.25, 0.3) is 0 Å². The maximum absolute atomic E-state index is 12.7. The van der Waals surface area contributed by atoms with Crippen molar-refractivity contribution < 1.29 is 8.78 Å². The highest BCUT2D eigenvalue weighted by molar-refractivity contribution is 5.57. The van der Waals surface area contributed by atoms with Crippen molar-refractivity contribution >= 4 is 11.5 Å². The SMILES string of the molecule is CCc1cnc2c(c1)C(C#N)CC(c1ccc(NNC(CF)CF)cn1)N2C1CCC1. The average molecular weight is 427 g/mol. The summed E-state index contributed by atoms with van der Waals surface area (Å²) < 4.78 is 25.3. The highest BCUT2D eigenvalue weighted by Gasteiger charge is 2.40. The van der Waals surface area contributed by atoms with Crippen molar-refractivity contribution in [2.75, 3.05) is 23.7 Å². The molecule has 8 heteroatoms. The molecule has 2 aliphatic rings. The minimum Gasteiger partial charge on any atom is -0.345 e. The smallest absolute Gasteiger partial charge is 0.133 e. The Morgan fingerprint density at radius 2 is 2.03 bits per heavy atom. The zero-order valence-electron chi connectivity index (χ0n) is 17.7. The van der Waals surface area contributed by atoms with E-state index in [4.69, 9.17) is 4.98 Å². The first-order valence-electron chi connectivity index (χ1n) is 10.9. The summed E-state index contributed by atoms with van der Waals surface area (Å²) in [5.74, 6) is 0.676. The number of hydrogen-bond acceptors (Lipinski definition) is 6. The number of aryl methyl sites for hydroxylation is 1. The normalized spacial score (nSPS) is 20.8. The van der Waals surface area contributed by atoms with Crippen molar-refractivity contribution in [1.29, 1.82) is 5.26 Å². The Kier molecular flexibility index (Phi) is 6.62. The molecule has 2 unspecified atom stereocenters. The summed E-state index contributed by atoms with van der Waals surface area (Å²) in [5, 5.41) is 9.88. The van der Waals surface area contributed by atoms with Gasteiger partial charge in [0.2, 0.25) is 0 Å². The summed E-state index contributed by atoms with van der Waals surface area (Å²) in [6, 6.07) is 7.85. The molecule has 1 saturated carbocycles. The number of rotatable bonds is 8. The Hall–Kier alpha value is -2.79. The van der Waals surface area contributed by atoms with Gasteiger partial charge in [0.15, 0.2) is 0 Å². The van der Waals surface area contributed by atoms with Crippen LogP contribution in [0.5, 0.6) is 0 Å². The molecule has 0 amide bonds. The second kappa shape index (κ2) is 9.56. The summed E-state index contributed by atoms with van der Waals surface area (Å²) in [6.45, 7) is 0.502. The van der Waals surface area contributed by atoms with Crippen molar-refractivity contribution in [2.24, 2.45) is 0 Å². The predicted molar refractivity (Wildman–Crippen MR) is 116 cm³/mol. The van der Waals surface area contributed by atoms with Gasteiger partial charge in [-0.05, 0) is 55.9 Å². The van der Waals surface area contributed by atoms with E-state index in [-0.39, 0.29) is 12.0 Å². The highest BCUT2D eigenvalue weighted by atomic mass is 19.1. The fourth-order valence-corrected chi connectivity index (χ4v) is 4.25. The van der Waals surface area contributed by atoms with Crippen molar-refractivity contribution in [3.05, 3.63) is 47.4 Å². The van der Waals surface area contributed by atoms with E-state index in [1.807, 2.05) is 18.3 Å². The van der Waals surface area contributed by atoms with Crippen molar-refractivity contribution in [1.82, 2.24) is 15.4 Å². The lowest BCUT2D eigenvalue weighted by Gasteiger charge is -2.47. The average Bonchev–Trinajstić information content (AvgIpc) is 2.78. The van der Waals surface area contributed by atoms with Gasteiger partial charge in [0, 0.05) is 17.8 Å². The first kappa shape index (κ1) is 21.4. The van der Waals surface area contributed by atoms with Crippen LogP contribution >= 0.6 is 0 Å². The van der Waals surface area contributed by atoms with Gasteiger partial charge in [0.1, 0.15) is 19.2 Å². The number of aromatic nitrogens is 2. The predicted octanol–water partition coefficient (Wildman–Crippen LogP) is 4.37. The lowest BCUT2D eigenvalue weighted by atomic mass is 9.81. The first-order valence-corrected chi connectivity index (χ1v) is 10.9. The Morgan fingerprint density at radius 3 is 2.61 bits per heavy atom. The number of pyridine rings is 2. The third-order valence-corrected chi connectivity index (χ3v) is 6.32. The molecule has 0 spiro atoms. The fourth-order valence-electron chi connectivity index (χ4n) is 4.25. The quantitative estimate of drug-likeness (QED) is 0.611. The van der Waals surface area contributed by atoms with Crippen LogP contribution in [0.2, 0.25) is 0 Å². The van der Waals surface area contributed by atoms with Gasteiger partial charge in [-0.1, -0.05) is 6.92 Å². The third-order valence-electron chi connectivity index (χ3n) is 6.32. The fraction of sp³-hybridized carbons (Fsp3) is 0.522. The lowest BCUT2D eigenvalue weighted by molar-refractivity contribution is 0.320. The zero-order chi connectivity index (χ0) is 21.8. The molecular formula is C23H28F2N6. The number of halogens is 2. The molecule has 3 heterocycles. The molecule has 0 saturated heterocycles. The van der Waals surface area contributed by atoms with Gasteiger partial charge in [-0.15, -0.1) is 0 Å². The third kappa shape index (κ3) is 4.33. The summed E-state index contributed by atoms with van der Waals surface area (Å²) in [4.78, 5) is 11.8. The van der Waals surface area contributed by atoms with E-state index in [0.29, 0.717) is 18.2 Å².